The Hall–Kier alpha value is -1.37. The number of amidine groups is 1. The van der Waals surface area contributed by atoms with Crippen LogP contribution in [-0.2, 0) is 0 Å². The molecule has 2 aliphatic rings. The summed E-state index contributed by atoms with van der Waals surface area (Å²) in [6.45, 7) is 1.51. The first-order valence-corrected chi connectivity index (χ1v) is 7.98. The molecule has 0 spiro atoms. The number of aliphatic hydroxyl groups is 1. The Labute approximate surface area is 123 Å². The van der Waals surface area contributed by atoms with Crippen LogP contribution in [-0.4, -0.2) is 34.9 Å². The summed E-state index contributed by atoms with van der Waals surface area (Å²) in [7, 11) is 0. The lowest BCUT2D eigenvalue weighted by Crippen LogP contribution is -2.20. The summed E-state index contributed by atoms with van der Waals surface area (Å²) in [6.07, 6.45) is 0. The maximum Gasteiger partial charge on any atom is 0.168 e. The molecular formula is C14H11FN2OS2. The number of rotatable bonds is 2. The first-order chi connectivity index (χ1) is 9.78. The topological polar surface area (TPSA) is 35.8 Å². The maximum atomic E-state index is 14.2. The van der Waals surface area contributed by atoms with Crippen LogP contribution in [0.3, 0.4) is 0 Å². The molecule has 6 heteroatoms. The predicted octanol–water partition coefficient (Wildman–Crippen LogP) is 3.12. The van der Waals surface area contributed by atoms with Crippen molar-refractivity contribution < 1.29 is 9.50 Å². The van der Waals surface area contributed by atoms with Crippen LogP contribution >= 0.6 is 23.1 Å². The molecule has 3 nitrogen and oxygen atoms in total. The Kier molecular flexibility index (Phi) is 2.83. The van der Waals surface area contributed by atoms with E-state index in [9.17, 15) is 9.50 Å². The van der Waals surface area contributed by atoms with Gasteiger partial charge in [-0.2, -0.15) is 0 Å². The van der Waals surface area contributed by atoms with E-state index in [-0.39, 0.29) is 12.4 Å². The van der Waals surface area contributed by atoms with E-state index in [1.807, 2.05) is 17.5 Å². The van der Waals surface area contributed by atoms with Crippen molar-refractivity contribution >= 4 is 44.0 Å². The number of aliphatic imine (C=N–C) groups is 1. The molecule has 20 heavy (non-hydrogen) atoms. The minimum Gasteiger partial charge on any atom is -0.391 e. The third-order valence-electron chi connectivity index (χ3n) is 3.47. The summed E-state index contributed by atoms with van der Waals surface area (Å²) < 4.78 is 14.9. The molecule has 0 saturated heterocycles. The molecule has 2 aromatic rings. The minimum atomic E-state index is -0.202. The fourth-order valence-electron chi connectivity index (χ4n) is 2.63. The molecule has 0 unspecified atom stereocenters. The van der Waals surface area contributed by atoms with Crippen LogP contribution in [0.25, 0.3) is 15.8 Å². The SMILES string of the molecule is OCC1=C(c2cc(F)c3sccc3c2)N2CCN=C2S1. The van der Waals surface area contributed by atoms with E-state index < -0.39 is 0 Å². The molecule has 102 valence electrons. The van der Waals surface area contributed by atoms with Crippen molar-refractivity contribution in [3.8, 4) is 0 Å². The minimum absolute atomic E-state index is 0.0428. The van der Waals surface area contributed by atoms with Gasteiger partial charge in [0.2, 0.25) is 0 Å². The van der Waals surface area contributed by atoms with Crippen molar-refractivity contribution in [2.75, 3.05) is 19.7 Å². The first-order valence-electron chi connectivity index (χ1n) is 6.29. The molecule has 0 bridgehead atoms. The summed E-state index contributed by atoms with van der Waals surface area (Å²) in [6, 6.07) is 5.47. The van der Waals surface area contributed by atoms with E-state index in [0.29, 0.717) is 4.70 Å². The summed E-state index contributed by atoms with van der Waals surface area (Å²) in [5, 5.41) is 13.3. The summed E-state index contributed by atoms with van der Waals surface area (Å²) in [5.41, 5.74) is 1.72. The second kappa shape index (κ2) is 4.58. The lowest BCUT2D eigenvalue weighted by Gasteiger charge is -2.17. The van der Waals surface area contributed by atoms with Crippen molar-refractivity contribution in [2.24, 2.45) is 4.99 Å². The monoisotopic (exact) mass is 306 g/mol. The number of halogens is 1. The lowest BCUT2D eigenvalue weighted by molar-refractivity contribution is 0.339. The van der Waals surface area contributed by atoms with Gasteiger partial charge in [0.25, 0.3) is 0 Å². The maximum absolute atomic E-state index is 14.2. The number of aliphatic hydroxyl groups excluding tert-OH is 1. The van der Waals surface area contributed by atoms with Crippen molar-refractivity contribution in [3.63, 3.8) is 0 Å². The van der Waals surface area contributed by atoms with Gasteiger partial charge in [0.05, 0.1) is 23.5 Å². The van der Waals surface area contributed by atoms with Gasteiger partial charge in [-0.05, 0) is 29.0 Å². The van der Waals surface area contributed by atoms with E-state index in [2.05, 4.69) is 9.89 Å². The number of thiophene rings is 1. The predicted molar refractivity (Wildman–Crippen MR) is 82.4 cm³/mol. The highest BCUT2D eigenvalue weighted by Gasteiger charge is 2.32. The number of benzene rings is 1. The first kappa shape index (κ1) is 12.4. The van der Waals surface area contributed by atoms with E-state index in [4.69, 9.17) is 0 Å². The quantitative estimate of drug-likeness (QED) is 0.926. The highest BCUT2D eigenvalue weighted by molar-refractivity contribution is 8.17. The Balaban J connectivity index is 1.90. The molecule has 0 fully saturated rings. The molecule has 3 heterocycles. The van der Waals surface area contributed by atoms with Crippen LogP contribution in [0.1, 0.15) is 5.56 Å². The van der Waals surface area contributed by atoms with Gasteiger partial charge in [-0.3, -0.25) is 4.99 Å². The Morgan fingerprint density at radius 3 is 3.15 bits per heavy atom. The number of thioether (sulfide) groups is 1. The average molecular weight is 306 g/mol. The largest absolute Gasteiger partial charge is 0.391 e. The molecule has 0 atom stereocenters. The molecule has 0 saturated carbocycles. The zero-order valence-electron chi connectivity index (χ0n) is 10.5. The molecule has 1 aromatic heterocycles. The smallest absolute Gasteiger partial charge is 0.168 e. The van der Waals surface area contributed by atoms with Crippen molar-refractivity contribution in [1.29, 1.82) is 0 Å². The van der Waals surface area contributed by atoms with Gasteiger partial charge in [0.1, 0.15) is 5.82 Å². The second-order valence-corrected chi connectivity index (χ2v) is 6.62. The Morgan fingerprint density at radius 2 is 2.30 bits per heavy atom. The zero-order chi connectivity index (χ0) is 13.7. The van der Waals surface area contributed by atoms with E-state index in [0.717, 1.165) is 39.8 Å². The summed E-state index contributed by atoms with van der Waals surface area (Å²) >= 11 is 2.89. The summed E-state index contributed by atoms with van der Waals surface area (Å²) in [4.78, 5) is 7.32. The average Bonchev–Trinajstić information content (AvgIpc) is 3.12. The van der Waals surface area contributed by atoms with Gasteiger partial charge in [-0.15, -0.1) is 11.3 Å². The third kappa shape index (κ3) is 1.72. The van der Waals surface area contributed by atoms with Crippen LogP contribution in [0, 0.1) is 5.82 Å². The molecular weight excluding hydrogens is 295 g/mol. The van der Waals surface area contributed by atoms with Crippen LogP contribution < -0.4 is 0 Å². The normalized spacial score (nSPS) is 18.1. The number of hydrogen-bond donors (Lipinski definition) is 1. The van der Waals surface area contributed by atoms with Gasteiger partial charge in [0.15, 0.2) is 5.17 Å². The highest BCUT2D eigenvalue weighted by atomic mass is 32.2. The molecule has 0 radical (unpaired) electrons. The Morgan fingerprint density at radius 1 is 1.40 bits per heavy atom. The Bertz CT molecular complexity index is 766. The lowest BCUT2D eigenvalue weighted by atomic mass is 10.1. The standard InChI is InChI=1S/C14H11FN2OS2/c15-10-6-9(5-8-1-4-19-13(8)10)12-11(7-18)20-14-16-2-3-17(12)14/h1,4-6,18H,2-3,7H2. The second-order valence-electron chi connectivity index (χ2n) is 4.64. The number of nitrogens with zero attached hydrogens (tertiary/aromatic N) is 2. The number of fused-ring (bicyclic) bond motifs is 2. The molecule has 0 aliphatic carbocycles. The number of hydrogen-bond acceptors (Lipinski definition) is 5. The van der Waals surface area contributed by atoms with Crippen LogP contribution in [0.5, 0.6) is 0 Å². The van der Waals surface area contributed by atoms with Crippen molar-refractivity contribution in [1.82, 2.24) is 4.90 Å². The van der Waals surface area contributed by atoms with Gasteiger partial charge in [-0.1, -0.05) is 11.8 Å². The molecule has 1 N–H and O–H groups in total. The van der Waals surface area contributed by atoms with Gasteiger partial charge in [-0.25, -0.2) is 4.39 Å². The highest BCUT2D eigenvalue weighted by Crippen LogP contribution is 2.42. The summed E-state index contributed by atoms with van der Waals surface area (Å²) in [5.74, 6) is -0.202. The molecule has 1 aromatic carbocycles. The zero-order valence-corrected chi connectivity index (χ0v) is 12.1. The van der Waals surface area contributed by atoms with Gasteiger partial charge < -0.3 is 10.0 Å². The molecule has 2 aliphatic heterocycles. The van der Waals surface area contributed by atoms with E-state index >= 15 is 0 Å². The van der Waals surface area contributed by atoms with E-state index in [1.54, 1.807) is 6.07 Å². The van der Waals surface area contributed by atoms with E-state index in [1.165, 1.54) is 23.1 Å². The fourth-order valence-corrected chi connectivity index (χ4v) is 4.47. The molecule has 4 rings (SSSR count). The van der Waals surface area contributed by atoms with Crippen molar-refractivity contribution in [3.05, 3.63) is 39.9 Å². The molecule has 0 amide bonds. The van der Waals surface area contributed by atoms with Crippen LogP contribution in [0.15, 0.2) is 33.5 Å². The van der Waals surface area contributed by atoms with Crippen LogP contribution in [0.4, 0.5) is 4.39 Å². The van der Waals surface area contributed by atoms with Crippen molar-refractivity contribution in [2.45, 2.75) is 0 Å². The van der Waals surface area contributed by atoms with Gasteiger partial charge >= 0.3 is 0 Å². The third-order valence-corrected chi connectivity index (χ3v) is 5.51. The van der Waals surface area contributed by atoms with Crippen LogP contribution in [0.2, 0.25) is 0 Å². The van der Waals surface area contributed by atoms with Gasteiger partial charge in [0, 0.05) is 17.0 Å². The fraction of sp³-hybridized carbons (Fsp3) is 0.214.